The summed E-state index contributed by atoms with van der Waals surface area (Å²) in [6, 6.07) is 7.68. The first-order valence-corrected chi connectivity index (χ1v) is 12.6. The molecule has 0 radical (unpaired) electrons. The topological polar surface area (TPSA) is 112 Å². The van der Waals surface area contributed by atoms with Gasteiger partial charge in [0.2, 0.25) is 11.8 Å². The van der Waals surface area contributed by atoms with Crippen molar-refractivity contribution in [3.63, 3.8) is 0 Å². The Labute approximate surface area is 200 Å². The maximum Gasteiger partial charge on any atom is 0.255 e. The molecule has 2 heterocycles. The van der Waals surface area contributed by atoms with Gasteiger partial charge < -0.3 is 15.0 Å². The number of carbonyl (C=O) groups excluding carboxylic acids is 3. The third-order valence-corrected chi connectivity index (χ3v) is 7.93. The van der Waals surface area contributed by atoms with Crippen LogP contribution in [-0.2, 0) is 16.1 Å². The number of hydrogen-bond donors (Lipinski definition) is 2. The van der Waals surface area contributed by atoms with E-state index in [1.54, 1.807) is 11.0 Å². The normalized spacial score (nSPS) is 31.2. The predicted molar refractivity (Wildman–Crippen MR) is 124 cm³/mol. The number of hydrogen-bond acceptors (Lipinski definition) is 6. The number of nitriles is 1. The van der Waals surface area contributed by atoms with Crippen molar-refractivity contribution >= 4 is 17.7 Å². The van der Waals surface area contributed by atoms with Crippen molar-refractivity contribution in [1.82, 2.24) is 15.5 Å². The Morgan fingerprint density at radius 1 is 1.09 bits per heavy atom. The summed E-state index contributed by atoms with van der Waals surface area (Å²) in [5.74, 6) is 0.782. The third kappa shape index (κ3) is 4.67. The van der Waals surface area contributed by atoms with E-state index in [1.807, 2.05) is 12.1 Å². The van der Waals surface area contributed by atoms with Crippen LogP contribution in [-0.4, -0.2) is 47.4 Å². The second-order valence-corrected chi connectivity index (χ2v) is 10.2. The van der Waals surface area contributed by atoms with Gasteiger partial charge in [0.05, 0.1) is 6.07 Å². The Morgan fingerprint density at radius 2 is 1.91 bits per heavy atom. The molecule has 8 nitrogen and oxygen atoms in total. The summed E-state index contributed by atoms with van der Waals surface area (Å²) >= 11 is 0. The van der Waals surface area contributed by atoms with Crippen molar-refractivity contribution in [1.29, 1.82) is 5.26 Å². The van der Waals surface area contributed by atoms with Gasteiger partial charge in [-0.15, -0.1) is 0 Å². The predicted octanol–water partition coefficient (Wildman–Crippen LogP) is 2.67. The minimum atomic E-state index is -0.603. The maximum atomic E-state index is 12.9. The summed E-state index contributed by atoms with van der Waals surface area (Å²) in [4.78, 5) is 38.2. The monoisotopic (exact) mass is 464 g/mol. The number of nitrogens with one attached hydrogen (secondary N) is 2. The number of benzene rings is 1. The van der Waals surface area contributed by atoms with Crippen LogP contribution in [0.4, 0.5) is 0 Å². The molecule has 2 aliphatic carbocycles. The van der Waals surface area contributed by atoms with Crippen LogP contribution in [0.25, 0.3) is 0 Å². The molecule has 2 saturated carbocycles. The lowest BCUT2D eigenvalue weighted by Crippen LogP contribution is -2.52. The average Bonchev–Trinajstić information content (AvgIpc) is 3.41. The van der Waals surface area contributed by atoms with Crippen molar-refractivity contribution in [2.75, 3.05) is 6.54 Å². The minimum absolute atomic E-state index is 0.0943. The first kappa shape index (κ1) is 22.9. The first-order valence-electron chi connectivity index (χ1n) is 12.6. The Balaban J connectivity index is 1.18. The average molecular weight is 465 g/mol. The first-order chi connectivity index (χ1) is 16.5. The van der Waals surface area contributed by atoms with Crippen LogP contribution in [0.5, 0.6) is 5.75 Å². The molecule has 180 valence electrons. The molecule has 4 aliphatic rings. The molecule has 34 heavy (non-hydrogen) atoms. The highest BCUT2D eigenvalue weighted by Gasteiger charge is 2.39. The zero-order valence-electron chi connectivity index (χ0n) is 19.4. The Hall–Kier alpha value is -2.92. The number of amides is 3. The van der Waals surface area contributed by atoms with Crippen LogP contribution in [0.15, 0.2) is 18.2 Å². The Bertz CT molecular complexity index is 1010. The zero-order valence-corrected chi connectivity index (χ0v) is 19.4. The lowest BCUT2D eigenvalue weighted by Gasteiger charge is -2.29. The maximum absolute atomic E-state index is 12.9. The molecule has 2 aliphatic heterocycles. The SMILES string of the molecule is N#C[C@H]1CC[C@H](CN[C@H]2CCC[C@@H]2Oc2ccc3c(c2)CN(C2CCC(=O)NC2=O)C3=O)CC1. The van der Waals surface area contributed by atoms with Gasteiger partial charge >= 0.3 is 0 Å². The number of piperidine rings is 1. The molecule has 5 rings (SSSR count). The van der Waals surface area contributed by atoms with Crippen LogP contribution in [0.3, 0.4) is 0 Å². The summed E-state index contributed by atoms with van der Waals surface area (Å²) in [5, 5.41) is 15.2. The van der Waals surface area contributed by atoms with Gasteiger partial charge in [-0.05, 0) is 87.6 Å². The van der Waals surface area contributed by atoms with Gasteiger partial charge in [-0.3, -0.25) is 19.7 Å². The molecule has 8 heteroatoms. The van der Waals surface area contributed by atoms with Gasteiger partial charge in [-0.2, -0.15) is 5.26 Å². The molecule has 1 aromatic rings. The smallest absolute Gasteiger partial charge is 0.255 e. The van der Waals surface area contributed by atoms with E-state index >= 15 is 0 Å². The molecule has 0 spiro atoms. The lowest BCUT2D eigenvalue weighted by atomic mass is 9.82. The summed E-state index contributed by atoms with van der Waals surface area (Å²) in [7, 11) is 0. The molecule has 1 saturated heterocycles. The third-order valence-electron chi connectivity index (χ3n) is 7.93. The van der Waals surface area contributed by atoms with E-state index < -0.39 is 11.9 Å². The number of carbonyl (C=O) groups is 3. The summed E-state index contributed by atoms with van der Waals surface area (Å²) < 4.78 is 6.38. The van der Waals surface area contributed by atoms with Crippen molar-refractivity contribution < 1.29 is 19.1 Å². The number of rotatable bonds is 6. The van der Waals surface area contributed by atoms with E-state index in [2.05, 4.69) is 16.7 Å². The Morgan fingerprint density at radius 3 is 2.68 bits per heavy atom. The van der Waals surface area contributed by atoms with Crippen LogP contribution >= 0.6 is 0 Å². The Kier molecular flexibility index (Phi) is 6.55. The van der Waals surface area contributed by atoms with Crippen molar-refractivity contribution in [2.24, 2.45) is 11.8 Å². The lowest BCUT2D eigenvalue weighted by molar-refractivity contribution is -0.136. The van der Waals surface area contributed by atoms with E-state index in [0.29, 0.717) is 30.5 Å². The molecular formula is C26H32N4O4. The summed E-state index contributed by atoms with van der Waals surface area (Å²) in [6.07, 6.45) is 8.17. The van der Waals surface area contributed by atoms with Crippen molar-refractivity contribution in [2.45, 2.75) is 82.5 Å². The van der Waals surface area contributed by atoms with Gasteiger partial charge in [0.1, 0.15) is 17.9 Å². The fraction of sp³-hybridized carbons (Fsp3) is 0.615. The van der Waals surface area contributed by atoms with E-state index in [1.165, 1.54) is 0 Å². The highest BCUT2D eigenvalue weighted by atomic mass is 16.5. The van der Waals surface area contributed by atoms with Crippen LogP contribution < -0.4 is 15.4 Å². The quantitative estimate of drug-likeness (QED) is 0.626. The van der Waals surface area contributed by atoms with Gasteiger partial charge in [0.15, 0.2) is 0 Å². The number of nitrogens with zero attached hydrogens (tertiary/aromatic N) is 2. The van der Waals surface area contributed by atoms with Gasteiger partial charge in [0.25, 0.3) is 5.91 Å². The van der Waals surface area contributed by atoms with Crippen LogP contribution in [0.2, 0.25) is 0 Å². The van der Waals surface area contributed by atoms with E-state index in [4.69, 9.17) is 10.00 Å². The van der Waals surface area contributed by atoms with Crippen LogP contribution in [0.1, 0.15) is 73.7 Å². The van der Waals surface area contributed by atoms with Crippen LogP contribution in [0, 0.1) is 23.2 Å². The number of ether oxygens (including phenoxy) is 1. The minimum Gasteiger partial charge on any atom is -0.489 e. The highest BCUT2D eigenvalue weighted by molar-refractivity contribution is 6.05. The second kappa shape index (κ2) is 9.75. The van der Waals surface area contributed by atoms with Gasteiger partial charge in [0, 0.05) is 30.5 Å². The summed E-state index contributed by atoms with van der Waals surface area (Å²) in [5.41, 5.74) is 1.47. The van der Waals surface area contributed by atoms with E-state index in [9.17, 15) is 14.4 Å². The summed E-state index contributed by atoms with van der Waals surface area (Å²) in [6.45, 7) is 1.33. The molecule has 1 unspecified atom stereocenters. The second-order valence-electron chi connectivity index (χ2n) is 10.2. The number of fused-ring (bicyclic) bond motifs is 1. The standard InChI is InChI=1S/C26H32N4O4/c27-13-16-4-6-17(7-5-16)14-28-21-2-1-3-23(21)34-19-8-9-20-18(12-19)15-30(26(20)33)22-10-11-24(31)29-25(22)32/h8-9,12,16-17,21-23,28H,1-7,10-11,14-15H2,(H,29,31,32)/t16-,17-,21-,22?,23-/m0/s1. The van der Waals surface area contributed by atoms with Crippen molar-refractivity contribution in [3.05, 3.63) is 29.3 Å². The highest BCUT2D eigenvalue weighted by Crippen LogP contribution is 2.33. The van der Waals surface area contributed by atoms with E-state index in [0.717, 1.165) is 62.8 Å². The molecule has 3 atom stereocenters. The molecule has 3 amide bonds. The zero-order chi connectivity index (χ0) is 23.7. The fourth-order valence-corrected chi connectivity index (χ4v) is 5.91. The number of imide groups is 1. The molecule has 0 aromatic heterocycles. The van der Waals surface area contributed by atoms with Gasteiger partial charge in [-0.1, -0.05) is 0 Å². The van der Waals surface area contributed by atoms with Gasteiger partial charge in [-0.25, -0.2) is 0 Å². The largest absolute Gasteiger partial charge is 0.489 e. The molecule has 3 fully saturated rings. The molecule has 1 aromatic carbocycles. The van der Waals surface area contributed by atoms with Crippen molar-refractivity contribution in [3.8, 4) is 11.8 Å². The molecular weight excluding hydrogens is 432 g/mol. The molecule has 0 bridgehead atoms. The van der Waals surface area contributed by atoms with E-state index in [-0.39, 0.29) is 30.3 Å². The fourth-order valence-electron chi connectivity index (χ4n) is 5.91. The molecule has 2 N–H and O–H groups in total.